The molecule has 90 valence electrons. The van der Waals surface area contributed by atoms with E-state index in [2.05, 4.69) is 21.9 Å². The van der Waals surface area contributed by atoms with Crippen LogP contribution in [0.5, 0.6) is 0 Å². The van der Waals surface area contributed by atoms with Crippen LogP contribution in [0.3, 0.4) is 0 Å². The first kappa shape index (κ1) is 13.3. The number of hydrogen-bond acceptors (Lipinski definition) is 3. The van der Waals surface area contributed by atoms with E-state index in [0.717, 1.165) is 29.9 Å². The van der Waals surface area contributed by atoms with Gasteiger partial charge in [-0.05, 0) is 31.9 Å². The molecule has 1 aromatic rings. The van der Waals surface area contributed by atoms with Gasteiger partial charge in [-0.25, -0.2) is 9.97 Å². The fourth-order valence-electron chi connectivity index (χ4n) is 1.45. The Balaban J connectivity index is 2.95. The highest BCUT2D eigenvalue weighted by Gasteiger charge is 2.06. The third kappa shape index (κ3) is 3.94. The van der Waals surface area contributed by atoms with Crippen molar-refractivity contribution in [3.05, 3.63) is 42.0 Å². The topological polar surface area (TPSA) is 38.1 Å². The van der Waals surface area contributed by atoms with Gasteiger partial charge in [-0.2, -0.15) is 0 Å². The van der Waals surface area contributed by atoms with Crippen LogP contribution in [0.2, 0.25) is 0 Å². The normalized spacial score (nSPS) is 13.4. The van der Waals surface area contributed by atoms with Crippen molar-refractivity contribution in [2.45, 2.75) is 27.2 Å². The van der Waals surface area contributed by atoms with Crippen LogP contribution in [0.4, 0.5) is 0 Å². The number of allylic oxidation sites excluding steroid dienone is 4. The van der Waals surface area contributed by atoms with Crippen LogP contribution in [0.15, 0.2) is 41.2 Å². The Morgan fingerprint density at radius 1 is 1.24 bits per heavy atom. The Morgan fingerprint density at radius 2 is 1.94 bits per heavy atom. The number of aromatic nitrogens is 2. The van der Waals surface area contributed by atoms with Crippen molar-refractivity contribution in [3.63, 3.8) is 0 Å². The summed E-state index contributed by atoms with van der Waals surface area (Å²) in [7, 11) is 0. The van der Waals surface area contributed by atoms with Crippen molar-refractivity contribution in [3.8, 4) is 0 Å². The second-order valence-corrected chi connectivity index (χ2v) is 3.55. The third-order valence-electron chi connectivity index (χ3n) is 2.30. The van der Waals surface area contributed by atoms with E-state index in [-0.39, 0.29) is 0 Å². The highest BCUT2D eigenvalue weighted by Crippen LogP contribution is 2.17. The maximum Gasteiger partial charge on any atom is 0.159 e. The van der Waals surface area contributed by atoms with Gasteiger partial charge in [0.15, 0.2) is 5.82 Å². The summed E-state index contributed by atoms with van der Waals surface area (Å²) < 4.78 is 0. The lowest BCUT2D eigenvalue weighted by Gasteiger charge is -2.05. The monoisotopic (exact) mass is 229 g/mol. The van der Waals surface area contributed by atoms with Crippen molar-refractivity contribution in [1.29, 1.82) is 0 Å². The first-order chi connectivity index (χ1) is 8.33. The molecule has 0 radical (unpaired) electrons. The van der Waals surface area contributed by atoms with Crippen LogP contribution >= 0.6 is 0 Å². The lowest BCUT2D eigenvalue weighted by Crippen LogP contribution is -1.97. The van der Waals surface area contributed by atoms with Crippen LogP contribution in [-0.2, 0) is 0 Å². The van der Waals surface area contributed by atoms with E-state index in [1.165, 1.54) is 0 Å². The zero-order chi connectivity index (χ0) is 12.5. The van der Waals surface area contributed by atoms with E-state index in [0.29, 0.717) is 0 Å². The van der Waals surface area contributed by atoms with E-state index in [1.807, 2.05) is 38.3 Å². The Kier molecular flexibility index (Phi) is 5.86. The molecular weight excluding hydrogens is 210 g/mol. The smallest absolute Gasteiger partial charge is 0.159 e. The van der Waals surface area contributed by atoms with Crippen LogP contribution in [0, 0.1) is 0 Å². The molecule has 0 saturated carbocycles. The number of nitrogens with zero attached hydrogens (tertiary/aromatic N) is 3. The van der Waals surface area contributed by atoms with Gasteiger partial charge >= 0.3 is 0 Å². The minimum atomic E-state index is 0.742. The fraction of sp³-hybridized carbons (Fsp3) is 0.357. The van der Waals surface area contributed by atoms with Crippen LogP contribution in [0.25, 0.3) is 5.57 Å². The molecule has 1 heterocycles. The molecule has 0 unspecified atom stereocenters. The van der Waals surface area contributed by atoms with Crippen molar-refractivity contribution >= 4 is 11.8 Å². The summed E-state index contributed by atoms with van der Waals surface area (Å²) in [4.78, 5) is 12.9. The lowest BCUT2D eigenvalue weighted by molar-refractivity contribution is 0.937. The van der Waals surface area contributed by atoms with Gasteiger partial charge in [0.05, 0.1) is 0 Å². The molecule has 1 rings (SSSR count). The first-order valence-electron chi connectivity index (χ1n) is 5.93. The van der Waals surface area contributed by atoms with Gasteiger partial charge in [0, 0.05) is 30.7 Å². The molecule has 0 fully saturated rings. The van der Waals surface area contributed by atoms with Gasteiger partial charge in [0.25, 0.3) is 0 Å². The summed E-state index contributed by atoms with van der Waals surface area (Å²) in [5, 5.41) is 0. The Labute approximate surface area is 103 Å². The standard InChI is InChI=1S/C14H19N3/c1-4-8-15-11-12(5-2)13(6-3)14-16-9-7-10-17-14/h5-7,9-11H,4,8H2,1-3H3/b12-5-,13-6+,15-11?. The van der Waals surface area contributed by atoms with E-state index < -0.39 is 0 Å². The molecular formula is C14H19N3. The molecule has 3 heteroatoms. The van der Waals surface area contributed by atoms with Gasteiger partial charge in [0.1, 0.15) is 0 Å². The average molecular weight is 229 g/mol. The van der Waals surface area contributed by atoms with Gasteiger partial charge in [-0.3, -0.25) is 4.99 Å². The Morgan fingerprint density at radius 3 is 2.47 bits per heavy atom. The molecule has 17 heavy (non-hydrogen) atoms. The van der Waals surface area contributed by atoms with Crippen molar-refractivity contribution in [1.82, 2.24) is 9.97 Å². The van der Waals surface area contributed by atoms with Gasteiger partial charge in [-0.1, -0.05) is 19.1 Å². The first-order valence-corrected chi connectivity index (χ1v) is 5.93. The van der Waals surface area contributed by atoms with E-state index in [4.69, 9.17) is 0 Å². The predicted octanol–water partition coefficient (Wildman–Crippen LogP) is 3.31. The van der Waals surface area contributed by atoms with E-state index in [9.17, 15) is 0 Å². The van der Waals surface area contributed by atoms with Crippen molar-refractivity contribution < 1.29 is 0 Å². The summed E-state index contributed by atoms with van der Waals surface area (Å²) in [6, 6.07) is 1.82. The summed E-state index contributed by atoms with van der Waals surface area (Å²) in [5.41, 5.74) is 2.08. The molecule has 0 bridgehead atoms. The van der Waals surface area contributed by atoms with Gasteiger partial charge in [0.2, 0.25) is 0 Å². The predicted molar refractivity (Wildman–Crippen MR) is 73.1 cm³/mol. The summed E-state index contributed by atoms with van der Waals surface area (Å²) in [6.07, 6.45) is 10.5. The molecule has 0 aromatic carbocycles. The van der Waals surface area contributed by atoms with Crippen LogP contribution in [0.1, 0.15) is 33.0 Å². The molecule has 0 spiro atoms. The largest absolute Gasteiger partial charge is 0.293 e. The fourth-order valence-corrected chi connectivity index (χ4v) is 1.45. The van der Waals surface area contributed by atoms with Crippen molar-refractivity contribution in [2.24, 2.45) is 4.99 Å². The summed E-state index contributed by atoms with van der Waals surface area (Å²) >= 11 is 0. The molecule has 0 atom stereocenters. The number of hydrogen-bond donors (Lipinski definition) is 0. The molecule has 0 saturated heterocycles. The number of aliphatic imine (C=N–C) groups is 1. The molecule has 3 nitrogen and oxygen atoms in total. The van der Waals surface area contributed by atoms with Gasteiger partial charge in [-0.15, -0.1) is 0 Å². The maximum atomic E-state index is 4.37. The van der Waals surface area contributed by atoms with E-state index >= 15 is 0 Å². The Bertz CT molecular complexity index is 416. The number of rotatable bonds is 5. The SMILES string of the molecule is C/C=C(C=NCCC)\C(=C/C)c1ncccn1. The molecule has 0 amide bonds. The van der Waals surface area contributed by atoms with Crippen LogP contribution < -0.4 is 0 Å². The maximum absolute atomic E-state index is 4.37. The minimum absolute atomic E-state index is 0.742. The van der Waals surface area contributed by atoms with E-state index in [1.54, 1.807) is 12.4 Å². The summed E-state index contributed by atoms with van der Waals surface area (Å²) in [5.74, 6) is 0.742. The van der Waals surface area contributed by atoms with Crippen molar-refractivity contribution in [2.75, 3.05) is 6.54 Å². The quantitative estimate of drug-likeness (QED) is 0.574. The average Bonchev–Trinajstić information content (AvgIpc) is 2.39. The second kappa shape index (κ2) is 7.49. The zero-order valence-corrected chi connectivity index (χ0v) is 10.7. The summed E-state index contributed by atoms with van der Waals surface area (Å²) in [6.45, 7) is 6.95. The highest BCUT2D eigenvalue weighted by atomic mass is 14.9. The minimum Gasteiger partial charge on any atom is -0.293 e. The molecule has 0 N–H and O–H groups in total. The highest BCUT2D eigenvalue weighted by molar-refractivity contribution is 5.99. The third-order valence-corrected chi connectivity index (χ3v) is 2.30. The molecule has 1 aromatic heterocycles. The molecule has 0 aliphatic heterocycles. The zero-order valence-electron chi connectivity index (χ0n) is 10.7. The lowest BCUT2D eigenvalue weighted by atomic mass is 10.1. The second-order valence-electron chi connectivity index (χ2n) is 3.55. The molecule has 0 aliphatic rings. The van der Waals surface area contributed by atoms with Gasteiger partial charge < -0.3 is 0 Å². The molecule has 0 aliphatic carbocycles. The Hall–Kier alpha value is -1.77. The van der Waals surface area contributed by atoms with Crippen LogP contribution in [-0.4, -0.2) is 22.7 Å².